The molecule has 2 rings (SSSR count). The number of ether oxygens (including phenoxy) is 2. The highest BCUT2D eigenvalue weighted by Gasteiger charge is 2.46. The summed E-state index contributed by atoms with van der Waals surface area (Å²) in [5.74, 6) is -0.292. The van der Waals surface area contributed by atoms with Gasteiger partial charge in [0, 0.05) is 0 Å². The van der Waals surface area contributed by atoms with E-state index in [0.29, 0.717) is 11.4 Å². The Morgan fingerprint density at radius 3 is 2.69 bits per heavy atom. The Morgan fingerprint density at radius 2 is 2.19 bits per heavy atom. The zero-order valence-electron chi connectivity index (χ0n) is 8.90. The summed E-state index contributed by atoms with van der Waals surface area (Å²) in [4.78, 5) is 11.1. The lowest BCUT2D eigenvalue weighted by molar-refractivity contribution is -0.158. The maximum atomic E-state index is 11.1. The largest absolute Gasteiger partial charge is 0.495 e. The van der Waals surface area contributed by atoms with Gasteiger partial charge in [-0.2, -0.15) is 0 Å². The number of carbonyl (C=O) groups is 1. The van der Waals surface area contributed by atoms with E-state index in [1.807, 2.05) is 12.1 Å². The van der Waals surface area contributed by atoms with Gasteiger partial charge in [0.1, 0.15) is 5.75 Å². The number of carboxylic acids is 1. The summed E-state index contributed by atoms with van der Waals surface area (Å²) in [6, 6.07) is 7.20. The van der Waals surface area contributed by atoms with Crippen LogP contribution in [0, 0.1) is 0 Å². The molecule has 0 aromatic heterocycles. The van der Waals surface area contributed by atoms with Crippen LogP contribution in [0.3, 0.4) is 0 Å². The molecule has 1 aromatic carbocycles. The van der Waals surface area contributed by atoms with E-state index in [1.165, 1.54) is 0 Å². The lowest BCUT2D eigenvalue weighted by Crippen LogP contribution is -2.61. The highest BCUT2D eigenvalue weighted by atomic mass is 16.5. The molecule has 5 nitrogen and oxygen atoms in total. The second-order valence-corrected chi connectivity index (χ2v) is 3.71. The van der Waals surface area contributed by atoms with Crippen LogP contribution < -0.4 is 10.1 Å². The summed E-state index contributed by atoms with van der Waals surface area (Å²) in [5, 5.41) is 12.1. The first-order chi connectivity index (χ1) is 7.68. The SMILES string of the molecule is COc1ccccc1NC1(C(=O)O)COC1. The zero-order valence-corrected chi connectivity index (χ0v) is 8.90. The van der Waals surface area contributed by atoms with E-state index in [-0.39, 0.29) is 13.2 Å². The van der Waals surface area contributed by atoms with E-state index in [1.54, 1.807) is 19.2 Å². The lowest BCUT2D eigenvalue weighted by Gasteiger charge is -2.38. The molecule has 0 amide bonds. The smallest absolute Gasteiger partial charge is 0.334 e. The third-order valence-corrected chi connectivity index (χ3v) is 2.59. The van der Waals surface area contributed by atoms with Crippen LogP contribution in [0.2, 0.25) is 0 Å². The van der Waals surface area contributed by atoms with Crippen molar-refractivity contribution in [3.05, 3.63) is 24.3 Å². The molecule has 0 radical (unpaired) electrons. The van der Waals surface area contributed by atoms with Gasteiger partial charge in [0.2, 0.25) is 0 Å². The second-order valence-electron chi connectivity index (χ2n) is 3.71. The van der Waals surface area contributed by atoms with Gasteiger partial charge in [-0.15, -0.1) is 0 Å². The Labute approximate surface area is 93.0 Å². The third kappa shape index (κ3) is 1.69. The molecule has 0 aliphatic carbocycles. The van der Waals surface area contributed by atoms with Crippen molar-refractivity contribution >= 4 is 11.7 Å². The molecule has 0 unspecified atom stereocenters. The van der Waals surface area contributed by atoms with Gasteiger partial charge in [-0.1, -0.05) is 12.1 Å². The Hall–Kier alpha value is -1.75. The summed E-state index contributed by atoms with van der Waals surface area (Å²) in [6.07, 6.45) is 0. The number of aliphatic carboxylic acids is 1. The molecule has 0 saturated carbocycles. The topological polar surface area (TPSA) is 67.8 Å². The second kappa shape index (κ2) is 4.02. The normalized spacial score (nSPS) is 17.3. The number of para-hydroxylation sites is 2. The summed E-state index contributed by atoms with van der Waals surface area (Å²) < 4.78 is 10.1. The standard InChI is InChI=1S/C11H13NO4/c1-15-9-5-3-2-4-8(9)12-11(10(13)14)6-16-7-11/h2-5,12H,6-7H2,1H3,(H,13,14). The minimum atomic E-state index is -1.02. The maximum absolute atomic E-state index is 11.1. The molecule has 1 aromatic rings. The monoisotopic (exact) mass is 223 g/mol. The minimum absolute atomic E-state index is 0.167. The van der Waals surface area contributed by atoms with Gasteiger partial charge in [0.15, 0.2) is 5.54 Å². The highest BCUT2D eigenvalue weighted by molar-refractivity contribution is 5.85. The van der Waals surface area contributed by atoms with Crippen molar-refractivity contribution in [3.8, 4) is 5.75 Å². The van der Waals surface area contributed by atoms with Gasteiger partial charge >= 0.3 is 5.97 Å². The van der Waals surface area contributed by atoms with Crippen molar-refractivity contribution < 1.29 is 19.4 Å². The van der Waals surface area contributed by atoms with Gasteiger partial charge in [-0.25, -0.2) is 4.79 Å². The molecule has 5 heteroatoms. The van der Waals surface area contributed by atoms with Gasteiger partial charge in [-0.3, -0.25) is 0 Å². The Morgan fingerprint density at radius 1 is 1.50 bits per heavy atom. The predicted molar refractivity (Wildman–Crippen MR) is 57.8 cm³/mol. The molecule has 1 fully saturated rings. The first-order valence-electron chi connectivity index (χ1n) is 4.90. The van der Waals surface area contributed by atoms with E-state index in [4.69, 9.17) is 14.6 Å². The van der Waals surface area contributed by atoms with E-state index in [0.717, 1.165) is 0 Å². The number of nitrogens with one attached hydrogen (secondary N) is 1. The van der Waals surface area contributed by atoms with Crippen molar-refractivity contribution in [1.29, 1.82) is 0 Å². The summed E-state index contributed by atoms with van der Waals surface area (Å²) in [5.41, 5.74) is -0.357. The molecule has 1 aliphatic rings. The molecule has 16 heavy (non-hydrogen) atoms. The van der Waals surface area contributed by atoms with Crippen LogP contribution in [0.4, 0.5) is 5.69 Å². The van der Waals surface area contributed by atoms with Gasteiger partial charge in [0.05, 0.1) is 26.0 Å². The van der Waals surface area contributed by atoms with Crippen LogP contribution in [-0.2, 0) is 9.53 Å². The minimum Gasteiger partial charge on any atom is -0.495 e. The van der Waals surface area contributed by atoms with E-state index >= 15 is 0 Å². The highest BCUT2D eigenvalue weighted by Crippen LogP contribution is 2.30. The Bertz CT molecular complexity index is 401. The van der Waals surface area contributed by atoms with E-state index < -0.39 is 11.5 Å². The molecule has 2 N–H and O–H groups in total. The molecule has 0 bridgehead atoms. The van der Waals surface area contributed by atoms with Crippen molar-refractivity contribution in [2.75, 3.05) is 25.6 Å². The van der Waals surface area contributed by atoms with Gasteiger partial charge < -0.3 is 19.9 Å². The first kappa shape index (κ1) is 10.8. The molecule has 1 heterocycles. The van der Waals surface area contributed by atoms with Crippen molar-refractivity contribution in [2.24, 2.45) is 0 Å². The average Bonchev–Trinajstić information content (AvgIpc) is 2.23. The predicted octanol–water partition coefficient (Wildman–Crippen LogP) is 0.961. The first-order valence-corrected chi connectivity index (χ1v) is 4.90. The summed E-state index contributed by atoms with van der Waals surface area (Å²) in [7, 11) is 1.55. The molecular formula is C11H13NO4. The van der Waals surface area contributed by atoms with Crippen LogP contribution in [0.25, 0.3) is 0 Å². The number of benzene rings is 1. The molecular weight excluding hydrogens is 210 g/mol. The lowest BCUT2D eigenvalue weighted by atomic mass is 9.97. The third-order valence-electron chi connectivity index (χ3n) is 2.59. The fourth-order valence-corrected chi connectivity index (χ4v) is 1.56. The summed E-state index contributed by atoms with van der Waals surface area (Å²) in [6.45, 7) is 0.334. The number of rotatable bonds is 4. The molecule has 1 aliphatic heterocycles. The van der Waals surface area contributed by atoms with Crippen LogP contribution in [0.15, 0.2) is 24.3 Å². The number of hydrogen-bond donors (Lipinski definition) is 2. The quantitative estimate of drug-likeness (QED) is 0.795. The van der Waals surface area contributed by atoms with E-state index in [9.17, 15) is 4.79 Å². The summed E-state index contributed by atoms with van der Waals surface area (Å²) >= 11 is 0. The van der Waals surface area contributed by atoms with Crippen LogP contribution in [-0.4, -0.2) is 36.9 Å². The fourth-order valence-electron chi connectivity index (χ4n) is 1.56. The number of methoxy groups -OCH3 is 1. The number of carboxylic acid groups (broad SMARTS) is 1. The molecule has 86 valence electrons. The zero-order chi connectivity index (χ0) is 11.6. The maximum Gasteiger partial charge on any atom is 0.334 e. The number of hydrogen-bond acceptors (Lipinski definition) is 4. The Balaban J connectivity index is 2.22. The van der Waals surface area contributed by atoms with Crippen molar-refractivity contribution in [3.63, 3.8) is 0 Å². The van der Waals surface area contributed by atoms with Crippen molar-refractivity contribution in [1.82, 2.24) is 0 Å². The van der Waals surface area contributed by atoms with Crippen molar-refractivity contribution in [2.45, 2.75) is 5.54 Å². The molecule has 1 saturated heterocycles. The Kier molecular flexibility index (Phi) is 2.70. The molecule has 0 atom stereocenters. The van der Waals surface area contributed by atoms with E-state index in [2.05, 4.69) is 5.32 Å². The van der Waals surface area contributed by atoms with Gasteiger partial charge in [0.25, 0.3) is 0 Å². The average molecular weight is 223 g/mol. The number of anilines is 1. The van der Waals surface area contributed by atoms with Crippen LogP contribution in [0.1, 0.15) is 0 Å². The fraction of sp³-hybridized carbons (Fsp3) is 0.364. The molecule has 0 spiro atoms. The van der Waals surface area contributed by atoms with Crippen LogP contribution >= 0.6 is 0 Å². The van der Waals surface area contributed by atoms with Crippen LogP contribution in [0.5, 0.6) is 5.75 Å². The van der Waals surface area contributed by atoms with Gasteiger partial charge in [-0.05, 0) is 12.1 Å².